The minimum Gasteiger partial charge on any atom is -0.457 e. The molecule has 4 aliphatic rings. The van der Waals surface area contributed by atoms with Crippen LogP contribution in [0, 0.1) is 0 Å². The Bertz CT molecular complexity index is 1450. The highest BCUT2D eigenvalue weighted by atomic mass is 16.7. The molecule has 4 fully saturated rings. The minimum atomic E-state index is -1.83. The van der Waals surface area contributed by atoms with E-state index < -0.39 is 165 Å². The molecule has 4 saturated heterocycles. The van der Waals surface area contributed by atoms with Gasteiger partial charge in [-0.1, -0.05) is 0 Å². The van der Waals surface area contributed by atoms with Gasteiger partial charge in [-0.2, -0.15) is 0 Å². The molecule has 0 aliphatic carbocycles. The first-order valence-corrected chi connectivity index (χ1v) is 18.6. The molecule has 4 rings (SSSR count). The quantitative estimate of drug-likeness (QED) is 0.0768. The molecular formula is C34H56N4O20. The van der Waals surface area contributed by atoms with Gasteiger partial charge in [0.05, 0.1) is 25.4 Å². The van der Waals surface area contributed by atoms with Gasteiger partial charge in [0.15, 0.2) is 31.3 Å². The summed E-state index contributed by atoms with van der Waals surface area (Å²) in [7, 11) is 0. The number of hydrogen-bond acceptors (Lipinski definition) is 20. The first kappa shape index (κ1) is 47.5. The van der Waals surface area contributed by atoms with Gasteiger partial charge in [0.2, 0.25) is 23.6 Å². The highest BCUT2D eigenvalue weighted by molar-refractivity contribution is 5.74. The average molecular weight is 841 g/mol. The molecule has 24 heteroatoms. The maximum absolute atomic E-state index is 12.6. The van der Waals surface area contributed by atoms with E-state index in [1.807, 2.05) is 0 Å². The first-order chi connectivity index (χ1) is 27.2. The fraction of sp³-hybridized carbons (Fsp3) is 0.853. The van der Waals surface area contributed by atoms with Crippen LogP contribution in [0.2, 0.25) is 0 Å². The molecule has 0 aromatic carbocycles. The van der Waals surface area contributed by atoms with E-state index in [4.69, 9.17) is 37.9 Å². The number of aliphatic hydroxyl groups excluding tert-OH is 7. The third-order valence-corrected chi connectivity index (χ3v) is 10.0. The number of hydrogen-bond donors (Lipinski definition) is 11. The lowest BCUT2D eigenvalue weighted by molar-refractivity contribution is -0.356. The molecule has 4 amide bonds. The van der Waals surface area contributed by atoms with Crippen LogP contribution in [0.25, 0.3) is 0 Å². The summed E-state index contributed by atoms with van der Waals surface area (Å²) in [5, 5.41) is 86.1. The number of carbonyl (C=O) groups is 5. The molecule has 0 bridgehead atoms. The Balaban J connectivity index is 1.67. The van der Waals surface area contributed by atoms with Crippen LogP contribution in [0.4, 0.5) is 0 Å². The lowest BCUT2D eigenvalue weighted by Gasteiger charge is -2.51. The van der Waals surface area contributed by atoms with Crippen LogP contribution in [0.3, 0.4) is 0 Å². The molecule has 20 atom stereocenters. The van der Waals surface area contributed by atoms with Crippen molar-refractivity contribution in [2.24, 2.45) is 0 Å². The van der Waals surface area contributed by atoms with Crippen molar-refractivity contribution >= 4 is 29.6 Å². The summed E-state index contributed by atoms with van der Waals surface area (Å²) in [5.74, 6) is -3.55. The zero-order chi connectivity index (χ0) is 43.3. The number of esters is 1. The number of aliphatic hydroxyl groups is 7. The second kappa shape index (κ2) is 20.4. The monoisotopic (exact) mass is 840 g/mol. The van der Waals surface area contributed by atoms with Crippen LogP contribution in [0.15, 0.2) is 0 Å². The van der Waals surface area contributed by atoms with Gasteiger partial charge in [-0.25, -0.2) is 0 Å². The number of amides is 4. The molecule has 4 heterocycles. The molecule has 0 unspecified atom stereocenters. The molecule has 332 valence electrons. The van der Waals surface area contributed by atoms with Crippen molar-refractivity contribution in [1.82, 2.24) is 21.3 Å². The molecule has 0 aromatic heterocycles. The molecule has 4 aliphatic heterocycles. The summed E-state index contributed by atoms with van der Waals surface area (Å²) in [6.07, 6.45) is -24.6. The Labute approximate surface area is 332 Å². The second-order valence-corrected chi connectivity index (χ2v) is 14.6. The van der Waals surface area contributed by atoms with E-state index in [0.717, 1.165) is 34.6 Å². The minimum absolute atomic E-state index is 0.619. The van der Waals surface area contributed by atoms with Crippen LogP contribution >= 0.6 is 0 Å². The van der Waals surface area contributed by atoms with E-state index in [2.05, 4.69) is 21.3 Å². The van der Waals surface area contributed by atoms with Crippen molar-refractivity contribution < 1.29 is 97.6 Å². The molecule has 0 saturated carbocycles. The van der Waals surface area contributed by atoms with Gasteiger partial charge in [0.1, 0.15) is 79.1 Å². The van der Waals surface area contributed by atoms with Crippen molar-refractivity contribution in [1.29, 1.82) is 0 Å². The van der Waals surface area contributed by atoms with Gasteiger partial charge in [0, 0.05) is 34.6 Å². The van der Waals surface area contributed by atoms with Crippen molar-refractivity contribution in [3.05, 3.63) is 0 Å². The second-order valence-electron chi connectivity index (χ2n) is 14.6. The zero-order valence-corrected chi connectivity index (χ0v) is 32.9. The summed E-state index contributed by atoms with van der Waals surface area (Å²) in [4.78, 5) is 61.4. The molecule has 0 radical (unpaired) electrons. The van der Waals surface area contributed by atoms with E-state index in [1.54, 1.807) is 0 Å². The Hall–Kier alpha value is -3.21. The fourth-order valence-electron chi connectivity index (χ4n) is 7.37. The van der Waals surface area contributed by atoms with Gasteiger partial charge in [-0.15, -0.1) is 0 Å². The third kappa shape index (κ3) is 11.1. The standard InChI is InChI=1S/C34H56N4O20/c1-10-23(46)28(20(31(50)51-10)36-13(4)42)57-32-19(35-12(3)41)26(49)27(18(9-40)55-32)56-33-21(37-14(5)43)29(24(47)11(2)52-33)58-34-22(38-15(6)44)30(53-16(7)45)25(48)17(8-39)54-34/h10-11,17-34,39-40,46-50H,8-9H2,1-7H3,(H,35,41)(H,36,42)(H,37,43)(H,38,44)/t10-,11-,17+,18+,19+,20-,21-,22+,23-,24-,25-,26-,27-,28-,29-,30-,31-,32+,33+,34+/m1/s1. The van der Waals surface area contributed by atoms with Crippen molar-refractivity contribution in [2.75, 3.05) is 13.2 Å². The Morgan fingerprint density at radius 2 is 0.879 bits per heavy atom. The molecular weight excluding hydrogens is 784 g/mol. The van der Waals surface area contributed by atoms with Gasteiger partial charge >= 0.3 is 5.97 Å². The van der Waals surface area contributed by atoms with Gasteiger partial charge < -0.3 is 94.9 Å². The third-order valence-electron chi connectivity index (χ3n) is 10.0. The van der Waals surface area contributed by atoms with E-state index in [-0.39, 0.29) is 0 Å². The van der Waals surface area contributed by atoms with E-state index in [0.29, 0.717) is 0 Å². The SMILES string of the molecule is CC(=O)N[C@@H]1[C@H](O[C@H]2[C@H](O)[C@@H](C)O[C@@H](O)[C@@H]2NC(C)=O)O[C@@H](CO)[C@@H](O[C@@H]2O[C@H](C)[C@@H](O)[C@H](O[C@@H]3O[C@@H](CO)[C@@H](O)[C@H](OC(C)=O)[C@@H]3NC(C)=O)[C@H]2NC(C)=O)[C@@H]1O. The zero-order valence-electron chi connectivity index (χ0n) is 32.9. The Morgan fingerprint density at radius 3 is 1.38 bits per heavy atom. The predicted octanol–water partition coefficient (Wildman–Crippen LogP) is -6.55. The summed E-state index contributed by atoms with van der Waals surface area (Å²) >= 11 is 0. The number of carbonyl (C=O) groups excluding carboxylic acids is 5. The summed E-state index contributed by atoms with van der Waals surface area (Å²) in [6, 6.07) is -5.83. The smallest absolute Gasteiger partial charge is 0.303 e. The van der Waals surface area contributed by atoms with Crippen LogP contribution in [0.5, 0.6) is 0 Å². The summed E-state index contributed by atoms with van der Waals surface area (Å²) in [5.41, 5.74) is 0. The molecule has 58 heavy (non-hydrogen) atoms. The van der Waals surface area contributed by atoms with Crippen LogP contribution in [0.1, 0.15) is 48.5 Å². The molecule has 0 spiro atoms. The first-order valence-electron chi connectivity index (χ1n) is 18.6. The van der Waals surface area contributed by atoms with Crippen molar-refractivity contribution in [3.8, 4) is 0 Å². The highest BCUT2D eigenvalue weighted by Gasteiger charge is 2.56. The van der Waals surface area contributed by atoms with Crippen LogP contribution in [-0.2, 0) is 61.9 Å². The average Bonchev–Trinajstić information content (AvgIpc) is 3.12. The largest absolute Gasteiger partial charge is 0.457 e. The van der Waals surface area contributed by atoms with E-state index >= 15 is 0 Å². The van der Waals surface area contributed by atoms with Gasteiger partial charge in [-0.3, -0.25) is 24.0 Å². The number of nitrogens with one attached hydrogen (secondary N) is 4. The van der Waals surface area contributed by atoms with Gasteiger partial charge in [0.25, 0.3) is 0 Å². The Morgan fingerprint density at radius 1 is 0.483 bits per heavy atom. The fourth-order valence-corrected chi connectivity index (χ4v) is 7.37. The Kier molecular flexibility index (Phi) is 16.7. The highest BCUT2D eigenvalue weighted by Crippen LogP contribution is 2.35. The topological polar surface area (TPSA) is 349 Å². The van der Waals surface area contributed by atoms with E-state index in [1.165, 1.54) is 13.8 Å². The van der Waals surface area contributed by atoms with E-state index in [9.17, 15) is 59.7 Å². The van der Waals surface area contributed by atoms with Crippen molar-refractivity contribution in [2.45, 2.75) is 171 Å². The lowest BCUT2D eigenvalue weighted by Crippen LogP contribution is -2.71. The summed E-state index contributed by atoms with van der Waals surface area (Å²) in [6.45, 7) is 6.70. The maximum atomic E-state index is 12.6. The number of rotatable bonds is 13. The molecule has 0 aromatic rings. The predicted molar refractivity (Wildman–Crippen MR) is 187 cm³/mol. The number of ether oxygens (including phenoxy) is 8. The van der Waals surface area contributed by atoms with Crippen LogP contribution < -0.4 is 21.3 Å². The van der Waals surface area contributed by atoms with Crippen molar-refractivity contribution in [3.63, 3.8) is 0 Å². The molecule has 24 nitrogen and oxygen atoms in total. The van der Waals surface area contributed by atoms with Gasteiger partial charge in [-0.05, 0) is 13.8 Å². The maximum Gasteiger partial charge on any atom is 0.303 e. The summed E-state index contributed by atoms with van der Waals surface area (Å²) < 4.78 is 46.8. The molecule has 11 N–H and O–H groups in total. The lowest BCUT2D eigenvalue weighted by atomic mass is 9.93. The van der Waals surface area contributed by atoms with Crippen LogP contribution in [-0.4, -0.2) is 201 Å². The normalized spacial score (nSPS) is 43.1.